The van der Waals surface area contributed by atoms with Crippen LogP contribution in [0.3, 0.4) is 0 Å². The van der Waals surface area contributed by atoms with Crippen molar-refractivity contribution in [1.82, 2.24) is 0 Å². The van der Waals surface area contributed by atoms with Gasteiger partial charge in [0, 0.05) is 11.6 Å². The van der Waals surface area contributed by atoms with E-state index in [-0.39, 0.29) is 10.2 Å². The molecular weight excluding hydrogens is 292 g/mol. The van der Waals surface area contributed by atoms with E-state index in [1.54, 1.807) is 31.4 Å². The van der Waals surface area contributed by atoms with Gasteiger partial charge in [-0.2, -0.15) is 9.48 Å². The van der Waals surface area contributed by atoms with E-state index in [4.69, 9.17) is 11.5 Å². The van der Waals surface area contributed by atoms with Crippen molar-refractivity contribution in [3.8, 4) is 0 Å². The number of carbonyl (C=O) groups is 2. The van der Waals surface area contributed by atoms with Gasteiger partial charge >= 0.3 is 5.91 Å². The van der Waals surface area contributed by atoms with Crippen molar-refractivity contribution in [2.45, 2.75) is 13.0 Å². The van der Waals surface area contributed by atoms with Crippen LogP contribution in [0.15, 0.2) is 65.4 Å². The van der Waals surface area contributed by atoms with Crippen molar-refractivity contribution in [3.63, 3.8) is 0 Å². The summed E-state index contributed by atoms with van der Waals surface area (Å²) < 4.78 is -0.175. The number of hydrogen-bond donors (Lipinski definition) is 2. The minimum atomic E-state index is -0.710. The fraction of sp³-hybridized carbons (Fsp3) is 0.118. The van der Waals surface area contributed by atoms with Crippen molar-refractivity contribution in [2.24, 2.45) is 16.5 Å². The van der Waals surface area contributed by atoms with E-state index >= 15 is 0 Å². The second kappa shape index (κ2) is 5.33. The predicted molar refractivity (Wildman–Crippen MR) is 87.2 cm³/mol. The number of hydrogen-bond acceptors (Lipinski definition) is 3. The maximum Gasteiger partial charge on any atom is 0.306 e. The highest BCUT2D eigenvalue weighted by atomic mass is 16.2. The summed E-state index contributed by atoms with van der Waals surface area (Å²) in [6.45, 7) is 1.66. The Hall–Kier alpha value is -2.99. The quantitative estimate of drug-likeness (QED) is 0.812. The molecule has 0 aliphatic carbocycles. The number of rotatable bonds is 4. The van der Waals surface area contributed by atoms with Gasteiger partial charge in [-0.25, -0.2) is 0 Å². The molecule has 0 spiro atoms. The first-order valence-corrected chi connectivity index (χ1v) is 7.21. The van der Waals surface area contributed by atoms with Crippen LogP contribution in [-0.2, 0) is 9.59 Å². The molecule has 1 aromatic carbocycles. The van der Waals surface area contributed by atoms with Gasteiger partial charge in [-0.05, 0) is 19.1 Å². The molecule has 23 heavy (non-hydrogen) atoms. The molecule has 0 saturated carbocycles. The summed E-state index contributed by atoms with van der Waals surface area (Å²) in [5, 5.41) is 0. The second-order valence-electron chi connectivity index (χ2n) is 5.45. The van der Waals surface area contributed by atoms with E-state index in [0.717, 1.165) is 5.56 Å². The maximum absolute atomic E-state index is 12.2. The zero-order chi connectivity index (χ0) is 16.6. The lowest BCUT2D eigenvalue weighted by Crippen LogP contribution is -2.58. The normalized spacial score (nSPS) is 23.4. The van der Waals surface area contributed by atoms with Crippen LogP contribution < -0.4 is 11.5 Å². The van der Waals surface area contributed by atoms with E-state index in [9.17, 15) is 9.59 Å². The Kier molecular flexibility index (Phi) is 3.46. The van der Waals surface area contributed by atoms with Gasteiger partial charge in [-0.1, -0.05) is 30.3 Å². The average molecular weight is 309 g/mol. The van der Waals surface area contributed by atoms with Gasteiger partial charge in [-0.15, -0.1) is 0 Å². The molecule has 6 heteroatoms. The van der Waals surface area contributed by atoms with Crippen molar-refractivity contribution >= 4 is 23.3 Å². The Balaban J connectivity index is 2.31. The number of quaternary nitrogens is 1. The molecule has 2 amide bonds. The summed E-state index contributed by atoms with van der Waals surface area (Å²) >= 11 is 0. The highest BCUT2D eigenvalue weighted by molar-refractivity contribution is 6.09. The Morgan fingerprint density at radius 3 is 2.43 bits per heavy atom. The molecule has 2 atom stereocenters. The fourth-order valence-corrected chi connectivity index (χ4v) is 3.00. The number of carbonyl (C=O) groups excluding carboxylic acids is 2. The smallest absolute Gasteiger partial charge is 0.306 e. The van der Waals surface area contributed by atoms with E-state index in [1.807, 2.05) is 30.3 Å². The monoisotopic (exact) mass is 309 g/mol. The average Bonchev–Trinajstić information content (AvgIpc) is 2.91. The molecule has 116 valence electrons. The molecule has 3 rings (SSSR count). The number of nitrogens with zero attached hydrogens (tertiary/aromatic N) is 2. The molecule has 0 aromatic heterocycles. The minimum Gasteiger partial charge on any atom is -0.364 e. The third kappa shape index (κ3) is 2.11. The van der Waals surface area contributed by atoms with Gasteiger partial charge < -0.3 is 11.5 Å². The van der Waals surface area contributed by atoms with Crippen LogP contribution >= 0.6 is 0 Å². The molecule has 2 aliphatic rings. The zero-order valence-corrected chi connectivity index (χ0v) is 12.6. The molecule has 6 nitrogen and oxygen atoms in total. The molecule has 1 aromatic rings. The number of amides is 2. The Morgan fingerprint density at radius 1 is 1.13 bits per heavy atom. The van der Waals surface area contributed by atoms with Crippen LogP contribution in [0.25, 0.3) is 5.70 Å². The fourth-order valence-electron chi connectivity index (χ4n) is 3.00. The number of amidine groups is 1. The van der Waals surface area contributed by atoms with Gasteiger partial charge in [0.25, 0.3) is 5.91 Å². The molecule has 0 fully saturated rings. The molecular formula is C17H17N4O2+. The number of benzene rings is 1. The van der Waals surface area contributed by atoms with Crippen LogP contribution in [-0.4, -0.2) is 28.2 Å². The number of primary amides is 2. The van der Waals surface area contributed by atoms with E-state index in [1.165, 1.54) is 0 Å². The van der Waals surface area contributed by atoms with Crippen LogP contribution in [0.4, 0.5) is 0 Å². The van der Waals surface area contributed by atoms with Gasteiger partial charge in [0.15, 0.2) is 6.04 Å². The van der Waals surface area contributed by atoms with Gasteiger partial charge in [0.2, 0.25) is 11.5 Å². The van der Waals surface area contributed by atoms with Crippen LogP contribution in [0.1, 0.15) is 12.5 Å². The number of nitrogens with two attached hydrogens (primary N) is 2. The summed E-state index contributed by atoms with van der Waals surface area (Å²) in [5.41, 5.74) is 12.7. The SMILES string of the molecule is CC(C(N)=O)[N+]12C=CC=CC1=NC(c1ccccc1)=C2C(N)=O. The Bertz CT molecular complexity index is 805. The van der Waals surface area contributed by atoms with Crippen molar-refractivity contribution < 1.29 is 14.1 Å². The van der Waals surface area contributed by atoms with Crippen molar-refractivity contribution in [2.75, 3.05) is 0 Å². The molecule has 0 saturated heterocycles. The van der Waals surface area contributed by atoms with Crippen LogP contribution in [0.2, 0.25) is 0 Å². The van der Waals surface area contributed by atoms with Gasteiger partial charge in [0.05, 0.1) is 0 Å². The molecule has 2 heterocycles. The largest absolute Gasteiger partial charge is 0.364 e. The molecule has 2 aliphatic heterocycles. The van der Waals surface area contributed by atoms with Crippen molar-refractivity contribution in [1.29, 1.82) is 0 Å². The topological polar surface area (TPSA) is 98.5 Å². The van der Waals surface area contributed by atoms with Gasteiger partial charge in [0.1, 0.15) is 11.9 Å². The number of allylic oxidation sites excluding steroid dienone is 2. The van der Waals surface area contributed by atoms with E-state index < -0.39 is 17.9 Å². The highest BCUT2D eigenvalue weighted by Gasteiger charge is 2.53. The summed E-state index contributed by atoms with van der Waals surface area (Å²) in [5.74, 6) is -0.618. The lowest BCUT2D eigenvalue weighted by molar-refractivity contribution is -0.754. The summed E-state index contributed by atoms with van der Waals surface area (Å²) in [6.07, 6.45) is 7.05. The predicted octanol–water partition coefficient (Wildman–Crippen LogP) is 1.03. The second-order valence-corrected chi connectivity index (χ2v) is 5.45. The van der Waals surface area contributed by atoms with Crippen LogP contribution in [0, 0.1) is 0 Å². The maximum atomic E-state index is 12.2. The first-order chi connectivity index (χ1) is 11.0. The van der Waals surface area contributed by atoms with Gasteiger partial charge in [-0.3, -0.25) is 9.59 Å². The Morgan fingerprint density at radius 2 is 1.83 bits per heavy atom. The zero-order valence-electron chi connectivity index (χ0n) is 12.6. The summed E-state index contributed by atoms with van der Waals surface area (Å²) in [6, 6.07) is 8.57. The Labute approximate surface area is 133 Å². The molecule has 0 radical (unpaired) electrons. The van der Waals surface area contributed by atoms with Crippen LogP contribution in [0.5, 0.6) is 0 Å². The third-order valence-corrected chi connectivity index (χ3v) is 4.18. The molecule has 4 N–H and O–H groups in total. The lowest BCUT2D eigenvalue weighted by Gasteiger charge is -2.35. The molecule has 0 bridgehead atoms. The standard InChI is InChI=1S/C17H16N4O2/c1-11(16(18)22)21-10-6-5-9-13(21)20-14(15(21)17(19)23)12-7-3-2-4-8-12/h2-11H,1H3,(H3-,18,19,22,23)/p+1. The summed E-state index contributed by atoms with van der Waals surface area (Å²) in [4.78, 5) is 28.7. The van der Waals surface area contributed by atoms with E-state index in [2.05, 4.69) is 4.99 Å². The third-order valence-electron chi connectivity index (χ3n) is 4.18. The molecule has 2 unspecified atom stereocenters. The van der Waals surface area contributed by atoms with E-state index in [0.29, 0.717) is 11.5 Å². The summed E-state index contributed by atoms with van der Waals surface area (Å²) in [7, 11) is 0. The lowest BCUT2D eigenvalue weighted by atomic mass is 10.1. The highest BCUT2D eigenvalue weighted by Crippen LogP contribution is 2.40. The first kappa shape index (κ1) is 14.9. The first-order valence-electron chi connectivity index (χ1n) is 7.21. The number of fused-ring (bicyclic) bond motifs is 1. The van der Waals surface area contributed by atoms with Crippen molar-refractivity contribution in [3.05, 3.63) is 66.0 Å². The number of aliphatic imine (C=N–C) groups is 1. The minimum absolute atomic E-state index is 0.175.